The number of nitrogens with one attached hydrogen (secondary N) is 1. The molecule has 0 bridgehead atoms. The van der Waals surface area contributed by atoms with Crippen LogP contribution in [0.3, 0.4) is 0 Å². The van der Waals surface area contributed by atoms with Crippen LogP contribution in [0.2, 0.25) is 0 Å². The van der Waals surface area contributed by atoms with E-state index in [9.17, 15) is 9.50 Å². The van der Waals surface area contributed by atoms with Crippen LogP contribution in [0.4, 0.5) is 10.1 Å². The highest BCUT2D eigenvalue weighted by Crippen LogP contribution is 2.27. The Hall–Kier alpha value is -2.66. The molecule has 0 spiro atoms. The summed E-state index contributed by atoms with van der Waals surface area (Å²) in [5, 5.41) is 10.8. The first kappa shape index (κ1) is 19.6. The molecule has 0 unspecified atom stereocenters. The van der Waals surface area contributed by atoms with Crippen LogP contribution < -0.4 is 0 Å². The predicted octanol–water partition coefficient (Wildman–Crippen LogP) is 5.57. The van der Waals surface area contributed by atoms with E-state index in [-0.39, 0.29) is 11.7 Å². The Kier molecular flexibility index (Phi) is 6.25. The lowest BCUT2D eigenvalue weighted by Crippen LogP contribution is -2.30. The summed E-state index contributed by atoms with van der Waals surface area (Å²) in [6.45, 7) is 3.77. The van der Waals surface area contributed by atoms with E-state index < -0.39 is 0 Å². The Morgan fingerprint density at radius 1 is 1.03 bits per heavy atom. The van der Waals surface area contributed by atoms with Crippen LogP contribution in [0.15, 0.2) is 47.5 Å². The third-order valence-corrected chi connectivity index (χ3v) is 5.70. The Morgan fingerprint density at radius 3 is 2.62 bits per heavy atom. The zero-order valence-corrected chi connectivity index (χ0v) is 16.7. The van der Waals surface area contributed by atoms with E-state index in [0.717, 1.165) is 17.5 Å². The maximum atomic E-state index is 13.3. The smallest absolute Gasteiger partial charge is 0.198 e. The number of nitrogens with zero attached hydrogens (tertiary/aromatic N) is 2. The van der Waals surface area contributed by atoms with E-state index in [1.54, 1.807) is 12.3 Å². The first-order valence-corrected chi connectivity index (χ1v) is 10.5. The van der Waals surface area contributed by atoms with Gasteiger partial charge in [0.15, 0.2) is 5.88 Å². The fraction of sp³-hybridized carbons (Fsp3) is 0.375. The minimum atomic E-state index is -0.339. The lowest BCUT2D eigenvalue weighted by Gasteiger charge is -2.26. The van der Waals surface area contributed by atoms with Crippen molar-refractivity contribution in [3.63, 3.8) is 0 Å². The minimum Gasteiger partial charge on any atom is -0.494 e. The summed E-state index contributed by atoms with van der Waals surface area (Å²) in [5.74, 6) is -0.339. The zero-order chi connectivity index (χ0) is 20.1. The highest BCUT2D eigenvalue weighted by molar-refractivity contribution is 6.02. The first-order chi connectivity index (χ1) is 14.2. The molecule has 1 aliphatic heterocycles. The average molecular weight is 394 g/mol. The van der Waals surface area contributed by atoms with E-state index in [2.05, 4.69) is 27.0 Å². The quantitative estimate of drug-likeness (QED) is 0.407. The molecule has 0 amide bonds. The van der Waals surface area contributed by atoms with Crippen LogP contribution in [0.25, 0.3) is 10.9 Å². The van der Waals surface area contributed by atoms with Crippen molar-refractivity contribution in [1.82, 2.24) is 9.88 Å². The molecule has 152 valence electrons. The van der Waals surface area contributed by atoms with Crippen molar-refractivity contribution in [2.24, 2.45) is 4.99 Å². The number of aliphatic imine (C=N–C) groups is 1. The van der Waals surface area contributed by atoms with E-state index in [1.165, 1.54) is 69.4 Å². The molecule has 5 heteroatoms. The average Bonchev–Trinajstić information content (AvgIpc) is 3.05. The molecular formula is C24H28FN3O. The lowest BCUT2D eigenvalue weighted by molar-refractivity contribution is 0.225. The fourth-order valence-corrected chi connectivity index (χ4v) is 4.04. The number of hydrogen-bond donors (Lipinski definition) is 2. The molecular weight excluding hydrogens is 365 g/mol. The van der Waals surface area contributed by atoms with Crippen molar-refractivity contribution < 1.29 is 9.50 Å². The molecule has 0 atom stereocenters. The molecule has 1 fully saturated rings. The van der Waals surface area contributed by atoms with Crippen molar-refractivity contribution in [2.45, 2.75) is 38.5 Å². The number of rotatable bonds is 7. The van der Waals surface area contributed by atoms with Crippen molar-refractivity contribution in [3.8, 4) is 5.88 Å². The van der Waals surface area contributed by atoms with Gasteiger partial charge >= 0.3 is 0 Å². The van der Waals surface area contributed by atoms with Gasteiger partial charge in [0.2, 0.25) is 0 Å². The second-order valence-electron chi connectivity index (χ2n) is 7.86. The van der Waals surface area contributed by atoms with Crippen LogP contribution in [0.1, 0.15) is 43.2 Å². The molecule has 0 aliphatic carbocycles. The van der Waals surface area contributed by atoms with Crippen LogP contribution >= 0.6 is 0 Å². The fourth-order valence-electron chi connectivity index (χ4n) is 4.04. The van der Waals surface area contributed by atoms with E-state index in [1.807, 2.05) is 12.1 Å². The first-order valence-electron chi connectivity index (χ1n) is 10.5. The molecule has 4 nitrogen and oxygen atoms in total. The molecule has 0 radical (unpaired) electrons. The standard InChI is InChI=1S/C24H28FN3O/c25-19-9-12-21-22(24(29)27-23(21)16-19)17-26-20-10-7-18(8-11-20)6-2-5-15-28-13-3-1-4-14-28/h7-12,16-17,27,29H,1-6,13-15H2. The second kappa shape index (κ2) is 9.23. The molecule has 1 aromatic heterocycles. The topological polar surface area (TPSA) is 51.6 Å². The van der Waals surface area contributed by atoms with Crippen LogP contribution in [0, 0.1) is 5.82 Å². The third-order valence-electron chi connectivity index (χ3n) is 5.70. The summed E-state index contributed by atoms with van der Waals surface area (Å²) >= 11 is 0. The van der Waals surface area contributed by atoms with E-state index >= 15 is 0 Å². The number of likely N-dealkylation sites (tertiary alicyclic amines) is 1. The Balaban J connectivity index is 1.32. The number of aromatic amines is 1. The molecule has 29 heavy (non-hydrogen) atoms. The van der Waals surface area contributed by atoms with Crippen LogP contribution in [0.5, 0.6) is 5.88 Å². The number of benzene rings is 2. The van der Waals surface area contributed by atoms with Gasteiger partial charge < -0.3 is 15.0 Å². The zero-order valence-electron chi connectivity index (χ0n) is 16.7. The van der Waals surface area contributed by atoms with Gasteiger partial charge in [-0.15, -0.1) is 0 Å². The summed E-state index contributed by atoms with van der Waals surface area (Å²) in [7, 11) is 0. The normalized spacial score (nSPS) is 15.5. The highest BCUT2D eigenvalue weighted by atomic mass is 19.1. The van der Waals surface area contributed by atoms with Gasteiger partial charge in [0.25, 0.3) is 0 Å². The highest BCUT2D eigenvalue weighted by Gasteiger charge is 2.10. The second-order valence-corrected chi connectivity index (χ2v) is 7.86. The molecule has 3 aromatic rings. The predicted molar refractivity (Wildman–Crippen MR) is 117 cm³/mol. The summed E-state index contributed by atoms with van der Waals surface area (Å²) in [5.41, 5.74) is 3.29. The number of aryl methyl sites for hydroxylation is 1. The summed E-state index contributed by atoms with van der Waals surface area (Å²) in [4.78, 5) is 9.85. The number of aromatic nitrogens is 1. The largest absolute Gasteiger partial charge is 0.494 e. The van der Waals surface area contributed by atoms with Crippen molar-refractivity contribution >= 4 is 22.8 Å². The Labute approximate surface area is 171 Å². The van der Waals surface area contributed by atoms with Crippen LogP contribution in [-0.2, 0) is 6.42 Å². The molecule has 2 N–H and O–H groups in total. The van der Waals surface area contributed by atoms with Gasteiger partial charge in [0, 0.05) is 11.6 Å². The molecule has 2 heterocycles. The summed E-state index contributed by atoms with van der Waals surface area (Å²) in [6.07, 6.45) is 9.28. The minimum absolute atomic E-state index is 0.000300. The van der Waals surface area contributed by atoms with Gasteiger partial charge in [-0.25, -0.2) is 4.39 Å². The van der Waals surface area contributed by atoms with Gasteiger partial charge in [-0.05, 0) is 87.6 Å². The van der Waals surface area contributed by atoms with Crippen molar-refractivity contribution in [2.75, 3.05) is 19.6 Å². The summed E-state index contributed by atoms with van der Waals surface area (Å²) < 4.78 is 13.3. The number of aromatic hydroxyl groups is 1. The SMILES string of the molecule is Oc1[nH]c2cc(F)ccc2c1C=Nc1ccc(CCCCN2CCCCC2)cc1. The number of unbranched alkanes of at least 4 members (excludes halogenated alkanes) is 1. The van der Waals surface area contributed by atoms with E-state index in [0.29, 0.717) is 11.1 Å². The maximum Gasteiger partial charge on any atom is 0.198 e. The number of piperidine rings is 1. The third kappa shape index (κ3) is 5.04. The van der Waals surface area contributed by atoms with Gasteiger partial charge in [-0.2, -0.15) is 0 Å². The monoisotopic (exact) mass is 393 g/mol. The molecule has 1 aliphatic rings. The Bertz CT molecular complexity index is 972. The van der Waals surface area contributed by atoms with E-state index in [4.69, 9.17) is 0 Å². The number of hydrogen-bond acceptors (Lipinski definition) is 3. The van der Waals surface area contributed by atoms with Gasteiger partial charge in [-0.1, -0.05) is 18.6 Å². The van der Waals surface area contributed by atoms with Gasteiger partial charge in [-0.3, -0.25) is 4.99 Å². The number of H-pyrrole nitrogens is 1. The molecule has 4 rings (SSSR count). The molecule has 1 saturated heterocycles. The van der Waals surface area contributed by atoms with Crippen molar-refractivity contribution in [3.05, 3.63) is 59.4 Å². The number of halogens is 1. The van der Waals surface area contributed by atoms with Crippen molar-refractivity contribution in [1.29, 1.82) is 0 Å². The molecule has 0 saturated carbocycles. The molecule has 2 aromatic carbocycles. The van der Waals surface area contributed by atoms with Gasteiger partial charge in [0.05, 0.1) is 16.8 Å². The lowest BCUT2D eigenvalue weighted by atomic mass is 10.1. The Morgan fingerprint density at radius 2 is 1.83 bits per heavy atom. The van der Waals surface area contributed by atoms with Gasteiger partial charge in [0.1, 0.15) is 5.82 Å². The maximum absolute atomic E-state index is 13.3. The summed E-state index contributed by atoms with van der Waals surface area (Å²) in [6, 6.07) is 12.6. The van der Waals surface area contributed by atoms with Crippen LogP contribution in [-0.4, -0.2) is 40.8 Å². The number of fused-ring (bicyclic) bond motifs is 1.